The van der Waals surface area contributed by atoms with E-state index in [4.69, 9.17) is 4.74 Å². The number of ether oxygens (including phenoxy) is 1. The maximum atomic E-state index is 12.1. The minimum absolute atomic E-state index is 0.0240. The highest BCUT2D eigenvalue weighted by Crippen LogP contribution is 2.20. The van der Waals surface area contributed by atoms with Gasteiger partial charge in [-0.05, 0) is 27.2 Å². The first-order valence-corrected chi connectivity index (χ1v) is 7.52. The van der Waals surface area contributed by atoms with Crippen LogP contribution in [0.15, 0.2) is 4.99 Å². The number of carbonyl (C=O) groups excluding carboxylic acids is 2. The summed E-state index contributed by atoms with van der Waals surface area (Å²) in [5, 5.41) is 3.03. The van der Waals surface area contributed by atoms with Crippen molar-refractivity contribution in [1.29, 1.82) is 0 Å². The number of nitrogens with one attached hydrogen (secondary N) is 1. The Labute approximate surface area is 132 Å². The summed E-state index contributed by atoms with van der Waals surface area (Å²) >= 11 is 0. The Kier molecular flexibility index (Phi) is 6.20. The van der Waals surface area contributed by atoms with Gasteiger partial charge < -0.3 is 19.9 Å². The molecule has 22 heavy (non-hydrogen) atoms. The van der Waals surface area contributed by atoms with Crippen molar-refractivity contribution in [3.63, 3.8) is 0 Å². The highest BCUT2D eigenvalue weighted by molar-refractivity contribution is 5.87. The Hall–Kier alpha value is -1.79. The van der Waals surface area contributed by atoms with Gasteiger partial charge in [-0.2, -0.15) is 0 Å². The Morgan fingerprint density at radius 3 is 2.50 bits per heavy atom. The van der Waals surface area contributed by atoms with Crippen LogP contribution in [0.25, 0.3) is 0 Å². The van der Waals surface area contributed by atoms with E-state index in [1.165, 1.54) is 4.90 Å². The minimum atomic E-state index is -0.470. The minimum Gasteiger partial charge on any atom is -0.460 e. The summed E-state index contributed by atoms with van der Waals surface area (Å²) in [5.74, 6) is 0.294. The fourth-order valence-corrected chi connectivity index (χ4v) is 2.18. The lowest BCUT2D eigenvalue weighted by molar-refractivity contribution is -0.159. The van der Waals surface area contributed by atoms with Gasteiger partial charge in [0, 0.05) is 34.2 Å². The Bertz CT molecular complexity index is 441. The maximum absolute atomic E-state index is 12.1. The van der Waals surface area contributed by atoms with Gasteiger partial charge in [-0.1, -0.05) is 0 Å². The fourth-order valence-electron chi connectivity index (χ4n) is 2.18. The molecule has 1 heterocycles. The summed E-state index contributed by atoms with van der Waals surface area (Å²) in [4.78, 5) is 31.4. The van der Waals surface area contributed by atoms with E-state index in [9.17, 15) is 9.59 Å². The summed E-state index contributed by atoms with van der Waals surface area (Å²) in [5.41, 5.74) is -0.470. The van der Waals surface area contributed by atoms with E-state index in [0.29, 0.717) is 12.5 Å². The predicted octanol–water partition coefficient (Wildman–Crippen LogP) is 0.314. The molecule has 1 unspecified atom stereocenters. The van der Waals surface area contributed by atoms with Crippen LogP contribution in [0.5, 0.6) is 0 Å². The number of hydrogen-bond donors (Lipinski definition) is 1. The van der Waals surface area contributed by atoms with Crippen molar-refractivity contribution in [3.8, 4) is 0 Å². The number of aliphatic imine (C=N–C) groups is 1. The largest absolute Gasteiger partial charge is 0.460 e. The Morgan fingerprint density at radius 2 is 2.00 bits per heavy atom. The number of rotatable bonds is 3. The molecule has 1 fully saturated rings. The molecule has 1 aliphatic heterocycles. The normalized spacial score (nSPS) is 19.1. The van der Waals surface area contributed by atoms with Crippen LogP contribution >= 0.6 is 0 Å². The van der Waals surface area contributed by atoms with Gasteiger partial charge >= 0.3 is 5.97 Å². The lowest BCUT2D eigenvalue weighted by Gasteiger charge is -2.24. The topological polar surface area (TPSA) is 74.2 Å². The quantitative estimate of drug-likeness (QED) is 0.461. The van der Waals surface area contributed by atoms with Gasteiger partial charge in [-0.3, -0.25) is 14.6 Å². The number of carbonyl (C=O) groups is 2. The molecule has 1 aliphatic rings. The SMILES string of the molecule is CN=C(NCC(=O)N(C)C)N1CCC(C(=O)OC(C)(C)C)C1. The molecule has 126 valence electrons. The molecule has 0 bridgehead atoms. The zero-order valence-corrected chi connectivity index (χ0v) is 14.5. The fraction of sp³-hybridized carbons (Fsp3) is 0.800. The average molecular weight is 312 g/mol. The number of hydrogen-bond acceptors (Lipinski definition) is 4. The molecule has 0 aromatic rings. The lowest BCUT2D eigenvalue weighted by atomic mass is 10.1. The molecule has 0 aromatic carbocycles. The molecule has 7 heteroatoms. The first kappa shape index (κ1) is 18.3. The van der Waals surface area contributed by atoms with Gasteiger partial charge in [0.05, 0.1) is 12.5 Å². The first-order chi connectivity index (χ1) is 10.1. The zero-order valence-electron chi connectivity index (χ0n) is 14.5. The summed E-state index contributed by atoms with van der Waals surface area (Å²) < 4.78 is 5.43. The molecule has 0 spiro atoms. The zero-order chi connectivity index (χ0) is 16.9. The van der Waals surface area contributed by atoms with Crippen LogP contribution in [0.1, 0.15) is 27.2 Å². The van der Waals surface area contributed by atoms with Crippen LogP contribution < -0.4 is 5.32 Å². The molecule has 0 saturated carbocycles. The number of guanidine groups is 1. The van der Waals surface area contributed by atoms with Crippen LogP contribution in [0.2, 0.25) is 0 Å². The molecule has 7 nitrogen and oxygen atoms in total. The van der Waals surface area contributed by atoms with Crippen molar-refractivity contribution in [2.45, 2.75) is 32.8 Å². The van der Waals surface area contributed by atoms with Crippen LogP contribution in [-0.2, 0) is 14.3 Å². The van der Waals surface area contributed by atoms with E-state index >= 15 is 0 Å². The number of esters is 1. The number of amides is 1. The number of likely N-dealkylation sites (N-methyl/N-ethyl adjacent to an activating group) is 1. The molecule has 1 rings (SSSR count). The van der Waals surface area contributed by atoms with Crippen LogP contribution in [-0.4, -0.2) is 74.0 Å². The molecule has 1 saturated heterocycles. The van der Waals surface area contributed by atoms with Crippen molar-refractivity contribution < 1.29 is 14.3 Å². The van der Waals surface area contributed by atoms with Crippen molar-refractivity contribution in [1.82, 2.24) is 15.1 Å². The van der Waals surface area contributed by atoms with Crippen molar-refractivity contribution >= 4 is 17.8 Å². The third-order valence-corrected chi connectivity index (χ3v) is 3.34. The van der Waals surface area contributed by atoms with E-state index in [2.05, 4.69) is 10.3 Å². The first-order valence-electron chi connectivity index (χ1n) is 7.52. The number of likely N-dealkylation sites (tertiary alicyclic amines) is 1. The molecule has 0 radical (unpaired) electrons. The van der Waals surface area contributed by atoms with Gasteiger partial charge in [-0.15, -0.1) is 0 Å². The highest BCUT2D eigenvalue weighted by Gasteiger charge is 2.33. The van der Waals surface area contributed by atoms with Gasteiger partial charge in [0.15, 0.2) is 5.96 Å². The smallest absolute Gasteiger partial charge is 0.311 e. The number of nitrogens with zero attached hydrogens (tertiary/aromatic N) is 3. The molecular formula is C15H28N4O3. The second-order valence-corrected chi connectivity index (χ2v) is 6.65. The van der Waals surface area contributed by atoms with E-state index in [1.807, 2.05) is 25.7 Å². The molecule has 1 N–H and O–H groups in total. The second kappa shape index (κ2) is 7.47. The second-order valence-electron chi connectivity index (χ2n) is 6.65. The van der Waals surface area contributed by atoms with E-state index in [-0.39, 0.29) is 24.3 Å². The lowest BCUT2D eigenvalue weighted by Crippen LogP contribution is -2.44. The van der Waals surface area contributed by atoms with Gasteiger partial charge in [0.25, 0.3) is 0 Å². The molecule has 1 atom stereocenters. The van der Waals surface area contributed by atoms with Crippen LogP contribution in [0.4, 0.5) is 0 Å². The molecule has 1 amide bonds. The standard InChI is InChI=1S/C15H28N4O3/c1-15(2,3)22-13(21)11-7-8-19(10-11)14(16-4)17-9-12(20)18(5)6/h11H,7-10H2,1-6H3,(H,16,17). The third-order valence-electron chi connectivity index (χ3n) is 3.34. The average Bonchev–Trinajstić information content (AvgIpc) is 2.86. The Morgan fingerprint density at radius 1 is 1.36 bits per heavy atom. The molecule has 0 aliphatic carbocycles. The predicted molar refractivity (Wildman–Crippen MR) is 85.6 cm³/mol. The van der Waals surface area contributed by atoms with Crippen molar-refractivity contribution in [3.05, 3.63) is 0 Å². The van der Waals surface area contributed by atoms with Crippen LogP contribution in [0, 0.1) is 5.92 Å². The van der Waals surface area contributed by atoms with Crippen molar-refractivity contribution in [2.24, 2.45) is 10.9 Å². The van der Waals surface area contributed by atoms with Crippen molar-refractivity contribution in [2.75, 3.05) is 40.8 Å². The molecular weight excluding hydrogens is 284 g/mol. The van der Waals surface area contributed by atoms with Gasteiger partial charge in [0.1, 0.15) is 5.60 Å². The van der Waals surface area contributed by atoms with E-state index in [0.717, 1.165) is 13.0 Å². The summed E-state index contributed by atoms with van der Waals surface area (Å²) in [6.07, 6.45) is 0.733. The van der Waals surface area contributed by atoms with E-state index < -0.39 is 5.60 Å². The summed E-state index contributed by atoms with van der Waals surface area (Å²) in [6.45, 7) is 7.07. The third kappa shape index (κ3) is 5.54. The van der Waals surface area contributed by atoms with Gasteiger partial charge in [0.2, 0.25) is 5.91 Å². The monoisotopic (exact) mass is 312 g/mol. The van der Waals surface area contributed by atoms with Gasteiger partial charge in [-0.25, -0.2) is 0 Å². The summed E-state index contributed by atoms with van der Waals surface area (Å²) in [7, 11) is 5.09. The van der Waals surface area contributed by atoms with Crippen LogP contribution in [0.3, 0.4) is 0 Å². The maximum Gasteiger partial charge on any atom is 0.311 e. The Balaban J connectivity index is 2.53. The van der Waals surface area contributed by atoms with E-state index in [1.54, 1.807) is 21.1 Å². The highest BCUT2D eigenvalue weighted by atomic mass is 16.6. The summed E-state index contributed by atoms with van der Waals surface area (Å²) in [6, 6.07) is 0. The molecule has 0 aromatic heterocycles.